The van der Waals surface area contributed by atoms with Gasteiger partial charge in [0, 0.05) is 21.4 Å². The monoisotopic (exact) mass is 1090 g/mol. The SMILES string of the molecule is CC(C)(C(=O)O)c1ccc(C(O)CCCN2CCC(C(O)(c3ccccc3)c3ccccc3)CC2)cc1.CC(C)(O)c1ccccc1CC[C@@H](SCC1(CC(=O)O)CC1)c1cccc(/C=C/c2ccc3ccc(Cl)cc3n2)c1. The Morgan fingerprint density at radius 1 is 0.731 bits per heavy atom. The Kier molecular flexibility index (Phi) is 19.2. The van der Waals surface area contributed by atoms with Crippen LogP contribution in [0.5, 0.6) is 0 Å². The van der Waals surface area contributed by atoms with Crippen LogP contribution < -0.4 is 0 Å². The Balaban J connectivity index is 0.000000207. The number of carboxylic acid groups (broad SMARTS) is 2. The van der Waals surface area contributed by atoms with E-state index in [-0.39, 0.29) is 23.0 Å². The molecule has 0 amide bonds. The number of carboxylic acids is 2. The molecule has 0 bridgehead atoms. The number of aliphatic hydroxyl groups is 3. The highest BCUT2D eigenvalue weighted by Gasteiger charge is 2.45. The van der Waals surface area contributed by atoms with E-state index in [0.717, 1.165) is 126 Å². The quantitative estimate of drug-likeness (QED) is 0.0444. The van der Waals surface area contributed by atoms with E-state index in [2.05, 4.69) is 47.4 Å². The number of aliphatic hydroxyl groups excluding tert-OH is 1. The summed E-state index contributed by atoms with van der Waals surface area (Å²) in [5, 5.41) is 54.3. The summed E-state index contributed by atoms with van der Waals surface area (Å²) in [4.78, 5) is 30.1. The molecule has 2 heterocycles. The third kappa shape index (κ3) is 15.0. The second-order valence-corrected chi connectivity index (χ2v) is 24.2. The predicted octanol–water partition coefficient (Wildman–Crippen LogP) is 14.5. The van der Waals surface area contributed by atoms with E-state index in [0.29, 0.717) is 11.4 Å². The summed E-state index contributed by atoms with van der Waals surface area (Å²) >= 11 is 8.04. The number of hydrogen-bond donors (Lipinski definition) is 5. The van der Waals surface area contributed by atoms with E-state index in [1.165, 1.54) is 5.56 Å². The molecule has 0 spiro atoms. The molecule has 9 nitrogen and oxygen atoms in total. The van der Waals surface area contributed by atoms with Crippen molar-refractivity contribution in [3.05, 3.63) is 219 Å². The number of piperidine rings is 1. The van der Waals surface area contributed by atoms with Crippen molar-refractivity contribution in [2.45, 2.75) is 113 Å². The lowest BCUT2D eigenvalue weighted by Crippen LogP contribution is -2.44. The minimum atomic E-state index is -1.01. The summed E-state index contributed by atoms with van der Waals surface area (Å²) in [7, 11) is 0. The zero-order chi connectivity index (χ0) is 55.5. The molecule has 5 N–H and O–H groups in total. The molecule has 9 rings (SSSR count). The fraction of sp³-hybridized carbons (Fsp3) is 0.358. The summed E-state index contributed by atoms with van der Waals surface area (Å²) < 4.78 is 0. The fourth-order valence-corrected chi connectivity index (χ4v) is 12.6. The highest BCUT2D eigenvalue weighted by atomic mass is 35.5. The van der Waals surface area contributed by atoms with Crippen LogP contribution in [-0.4, -0.2) is 72.7 Å². The molecule has 2 aliphatic rings. The van der Waals surface area contributed by atoms with Crippen molar-refractivity contribution in [3.63, 3.8) is 0 Å². The topological polar surface area (TPSA) is 151 Å². The second kappa shape index (κ2) is 25.8. The van der Waals surface area contributed by atoms with Gasteiger partial charge in [-0.05, 0) is 179 Å². The molecule has 2 fully saturated rings. The number of carbonyl (C=O) groups is 2. The molecule has 11 heteroatoms. The molecule has 1 aliphatic carbocycles. The maximum absolute atomic E-state index is 12.1. The molecule has 1 aromatic heterocycles. The van der Waals surface area contributed by atoms with Crippen molar-refractivity contribution >= 4 is 58.4 Å². The highest BCUT2D eigenvalue weighted by molar-refractivity contribution is 7.99. The van der Waals surface area contributed by atoms with Gasteiger partial charge in [-0.15, -0.1) is 0 Å². The lowest BCUT2D eigenvalue weighted by Gasteiger charge is -2.42. The Morgan fingerprint density at radius 3 is 2.00 bits per heavy atom. The van der Waals surface area contributed by atoms with Crippen LogP contribution in [-0.2, 0) is 32.6 Å². The van der Waals surface area contributed by atoms with Crippen LogP contribution in [0.2, 0.25) is 5.02 Å². The van der Waals surface area contributed by atoms with Gasteiger partial charge in [0.15, 0.2) is 0 Å². The Bertz CT molecular complexity index is 3090. The van der Waals surface area contributed by atoms with Gasteiger partial charge in [-0.25, -0.2) is 4.98 Å². The molecule has 1 saturated carbocycles. The maximum Gasteiger partial charge on any atom is 0.313 e. The zero-order valence-corrected chi connectivity index (χ0v) is 47.0. The van der Waals surface area contributed by atoms with Gasteiger partial charge in [-0.1, -0.05) is 163 Å². The zero-order valence-electron chi connectivity index (χ0n) is 45.4. The number of hydrogen-bond acceptors (Lipinski definition) is 8. The molecule has 2 atom stereocenters. The number of rotatable bonds is 22. The standard InChI is InChI=1S/C35H36ClNO3S.C32H39NO4/c1-34(2,40)30-9-4-3-7-25(30)13-17-32(41-23-35(18-19-35)22-33(38)39)27-8-5-6-24(20-27)10-15-29-16-12-26-11-14-28(36)21-31(26)37-29;1-31(2,30(35)36)25-17-15-24(16-18-25)29(34)14-9-21-33-22-19-28(20-23-33)32(37,26-10-5-3-6-11-26)27-12-7-4-8-13-27/h3-12,14-16,20-21,32,40H,13,17-19,22-23H2,1-2H3,(H,38,39);3-8,10-13,15-18,28-29,34,37H,9,14,19-23H2,1-2H3,(H,35,36)/b15-10+;/t32-;/m1./s1. The lowest BCUT2D eigenvalue weighted by molar-refractivity contribution is -0.142. The van der Waals surface area contributed by atoms with Crippen molar-refractivity contribution in [1.29, 1.82) is 0 Å². The normalized spacial score (nSPS) is 15.8. The van der Waals surface area contributed by atoms with Crippen LogP contribution in [0.1, 0.15) is 141 Å². The van der Waals surface area contributed by atoms with Gasteiger partial charge in [0.05, 0.1) is 34.8 Å². The van der Waals surface area contributed by atoms with E-state index in [1.807, 2.05) is 147 Å². The Morgan fingerprint density at radius 2 is 1.37 bits per heavy atom. The minimum absolute atomic E-state index is 0.0814. The molecule has 1 unspecified atom stereocenters. The van der Waals surface area contributed by atoms with Gasteiger partial charge >= 0.3 is 11.9 Å². The van der Waals surface area contributed by atoms with E-state index >= 15 is 0 Å². The van der Waals surface area contributed by atoms with Crippen molar-refractivity contribution in [2.24, 2.45) is 11.3 Å². The summed E-state index contributed by atoms with van der Waals surface area (Å²) in [6, 6.07) is 53.8. The van der Waals surface area contributed by atoms with Crippen LogP contribution in [0.4, 0.5) is 0 Å². The molecule has 7 aromatic rings. The molecule has 0 radical (unpaired) electrons. The van der Waals surface area contributed by atoms with Crippen molar-refractivity contribution in [1.82, 2.24) is 9.88 Å². The van der Waals surface area contributed by atoms with E-state index in [9.17, 15) is 35.1 Å². The average Bonchev–Trinajstić information content (AvgIpc) is 4.27. The van der Waals surface area contributed by atoms with E-state index < -0.39 is 34.7 Å². The number of nitrogens with zero attached hydrogens (tertiary/aromatic N) is 2. The first-order chi connectivity index (χ1) is 37.3. The first-order valence-electron chi connectivity index (χ1n) is 27.4. The summed E-state index contributed by atoms with van der Waals surface area (Å²) in [5.41, 5.74) is 6.63. The van der Waals surface area contributed by atoms with Gasteiger partial charge < -0.3 is 30.4 Å². The first-order valence-corrected chi connectivity index (χ1v) is 28.8. The molecular formula is C67H75ClN2O7S. The number of likely N-dealkylation sites (tertiary alicyclic amines) is 1. The maximum atomic E-state index is 12.1. The average molecular weight is 1090 g/mol. The second-order valence-electron chi connectivity index (χ2n) is 22.5. The molecule has 1 saturated heterocycles. The van der Waals surface area contributed by atoms with Gasteiger partial charge in [-0.3, -0.25) is 9.59 Å². The molecule has 408 valence electrons. The summed E-state index contributed by atoms with van der Waals surface area (Å²) in [5.74, 6) is -0.612. The lowest BCUT2D eigenvalue weighted by atomic mass is 9.72. The number of thioether (sulfide) groups is 1. The number of aromatic nitrogens is 1. The third-order valence-electron chi connectivity index (χ3n) is 15.9. The van der Waals surface area contributed by atoms with Crippen LogP contribution in [0.25, 0.3) is 23.1 Å². The minimum Gasteiger partial charge on any atom is -0.481 e. The van der Waals surface area contributed by atoms with Crippen molar-refractivity contribution < 1.29 is 35.1 Å². The number of fused-ring (bicyclic) bond motifs is 1. The van der Waals surface area contributed by atoms with Crippen LogP contribution in [0.3, 0.4) is 0 Å². The number of aliphatic carboxylic acids is 2. The van der Waals surface area contributed by atoms with E-state index in [1.54, 1.807) is 26.0 Å². The van der Waals surface area contributed by atoms with E-state index in [4.69, 9.17) is 16.6 Å². The highest BCUT2D eigenvalue weighted by Crippen LogP contribution is 2.53. The van der Waals surface area contributed by atoms with Gasteiger partial charge in [-0.2, -0.15) is 11.8 Å². The Hall–Kier alpha value is -6.11. The Labute approximate surface area is 470 Å². The number of pyridine rings is 1. The van der Waals surface area contributed by atoms with Crippen LogP contribution in [0.15, 0.2) is 164 Å². The fourth-order valence-electron chi connectivity index (χ4n) is 10.9. The smallest absolute Gasteiger partial charge is 0.313 e. The van der Waals surface area contributed by atoms with Crippen LogP contribution >= 0.6 is 23.4 Å². The molecule has 1 aliphatic heterocycles. The van der Waals surface area contributed by atoms with Crippen LogP contribution in [0, 0.1) is 11.3 Å². The predicted molar refractivity (Wildman–Crippen MR) is 318 cm³/mol. The van der Waals surface area contributed by atoms with Crippen molar-refractivity contribution in [2.75, 3.05) is 25.4 Å². The molecular weight excluding hydrogens is 1010 g/mol. The van der Waals surface area contributed by atoms with Crippen molar-refractivity contribution in [3.8, 4) is 0 Å². The number of aryl methyl sites for hydroxylation is 1. The van der Waals surface area contributed by atoms with Gasteiger partial charge in [0.1, 0.15) is 5.60 Å². The molecule has 6 aromatic carbocycles. The molecule has 78 heavy (non-hydrogen) atoms. The largest absolute Gasteiger partial charge is 0.481 e. The number of benzene rings is 6. The van der Waals surface area contributed by atoms with Gasteiger partial charge in [0.25, 0.3) is 0 Å². The summed E-state index contributed by atoms with van der Waals surface area (Å²) in [6.07, 6.45) is 10.8. The number of halogens is 1. The first kappa shape index (κ1) is 58.0. The summed E-state index contributed by atoms with van der Waals surface area (Å²) in [6.45, 7) is 9.77. The third-order valence-corrected chi connectivity index (χ3v) is 17.9. The van der Waals surface area contributed by atoms with Gasteiger partial charge in [0.2, 0.25) is 0 Å².